The first-order valence-corrected chi connectivity index (χ1v) is 8.26. The molecule has 1 aliphatic heterocycles. The summed E-state index contributed by atoms with van der Waals surface area (Å²) in [6.07, 6.45) is 0. The topological polar surface area (TPSA) is 89.2 Å². The van der Waals surface area contributed by atoms with Crippen LogP contribution in [-0.2, 0) is 11.3 Å². The van der Waals surface area contributed by atoms with Gasteiger partial charge >= 0.3 is 0 Å². The molecule has 1 aliphatic rings. The number of hydrogen-bond acceptors (Lipinski definition) is 8. The maximum Gasteiger partial charge on any atom is 0.268 e. The minimum Gasteiger partial charge on any atom is -0.417 e. The van der Waals surface area contributed by atoms with Crippen LogP contribution in [-0.4, -0.2) is 46.7 Å². The van der Waals surface area contributed by atoms with Crippen LogP contribution in [0.25, 0.3) is 11.6 Å². The number of anilines is 2. The summed E-state index contributed by atoms with van der Waals surface area (Å²) in [7, 11) is 0. The van der Waals surface area contributed by atoms with E-state index in [-0.39, 0.29) is 5.82 Å². The maximum atomic E-state index is 12.9. The summed E-state index contributed by atoms with van der Waals surface area (Å²) >= 11 is 0. The van der Waals surface area contributed by atoms with Gasteiger partial charge in [0.05, 0.1) is 19.8 Å². The van der Waals surface area contributed by atoms with E-state index in [2.05, 4.69) is 30.6 Å². The zero-order valence-electron chi connectivity index (χ0n) is 13.9. The Balaban J connectivity index is 1.39. The molecule has 0 amide bonds. The Labute approximate surface area is 149 Å². The lowest BCUT2D eigenvalue weighted by molar-refractivity contribution is 0.122. The molecule has 0 aliphatic carbocycles. The molecule has 1 fully saturated rings. The Bertz CT molecular complexity index is 846. The molecule has 0 saturated carbocycles. The SMILES string of the molecule is Fc1ccc(NCc2nnc(-c3ccc(N4CCOCC4)nn3)o2)cc1. The molecule has 2 aromatic heterocycles. The normalized spacial score (nSPS) is 14.4. The molecule has 8 nitrogen and oxygen atoms in total. The van der Waals surface area contributed by atoms with E-state index in [1.807, 2.05) is 12.1 Å². The van der Waals surface area contributed by atoms with E-state index in [1.54, 1.807) is 12.1 Å². The summed E-state index contributed by atoms with van der Waals surface area (Å²) in [6.45, 7) is 3.31. The molecule has 3 heterocycles. The summed E-state index contributed by atoms with van der Waals surface area (Å²) in [4.78, 5) is 2.12. The number of aromatic nitrogens is 4. The number of hydrogen-bond donors (Lipinski definition) is 1. The van der Waals surface area contributed by atoms with E-state index < -0.39 is 0 Å². The third-order valence-electron chi connectivity index (χ3n) is 3.96. The predicted octanol–water partition coefficient (Wildman–Crippen LogP) is 2.11. The molecular formula is C17H17FN6O2. The lowest BCUT2D eigenvalue weighted by atomic mass is 10.3. The van der Waals surface area contributed by atoms with E-state index in [1.165, 1.54) is 12.1 Å². The number of nitrogens with one attached hydrogen (secondary N) is 1. The molecule has 0 spiro atoms. The first kappa shape index (κ1) is 16.4. The first-order valence-electron chi connectivity index (χ1n) is 8.26. The molecule has 1 N–H and O–H groups in total. The molecule has 9 heteroatoms. The molecule has 0 unspecified atom stereocenters. The second-order valence-electron chi connectivity index (χ2n) is 5.74. The zero-order valence-corrected chi connectivity index (χ0v) is 13.9. The van der Waals surface area contributed by atoms with Gasteiger partial charge in [-0.1, -0.05) is 0 Å². The Morgan fingerprint density at radius 2 is 1.77 bits per heavy atom. The van der Waals surface area contributed by atoms with Crippen LogP contribution in [0.3, 0.4) is 0 Å². The Hall–Kier alpha value is -3.07. The monoisotopic (exact) mass is 356 g/mol. The highest BCUT2D eigenvalue weighted by atomic mass is 19.1. The van der Waals surface area contributed by atoms with Crippen molar-refractivity contribution in [1.82, 2.24) is 20.4 Å². The van der Waals surface area contributed by atoms with Gasteiger partial charge in [-0.3, -0.25) is 0 Å². The van der Waals surface area contributed by atoms with Crippen LogP contribution in [0, 0.1) is 5.82 Å². The van der Waals surface area contributed by atoms with Gasteiger partial charge in [0, 0.05) is 18.8 Å². The van der Waals surface area contributed by atoms with Crippen molar-refractivity contribution >= 4 is 11.5 Å². The fourth-order valence-electron chi connectivity index (χ4n) is 2.57. The van der Waals surface area contributed by atoms with Crippen LogP contribution in [0.4, 0.5) is 15.9 Å². The van der Waals surface area contributed by atoms with E-state index >= 15 is 0 Å². The van der Waals surface area contributed by atoms with Crippen molar-refractivity contribution in [3.63, 3.8) is 0 Å². The lowest BCUT2D eigenvalue weighted by Gasteiger charge is -2.27. The average Bonchev–Trinajstić information content (AvgIpc) is 3.17. The fraction of sp³-hybridized carbons (Fsp3) is 0.294. The largest absolute Gasteiger partial charge is 0.417 e. The summed E-state index contributed by atoms with van der Waals surface area (Å²) in [5.74, 6) is 1.23. The van der Waals surface area contributed by atoms with Crippen LogP contribution in [0.2, 0.25) is 0 Å². The molecule has 3 aromatic rings. The van der Waals surface area contributed by atoms with Crippen molar-refractivity contribution in [3.8, 4) is 11.6 Å². The summed E-state index contributed by atoms with van der Waals surface area (Å²) in [5, 5.41) is 19.5. The minimum atomic E-state index is -0.283. The number of ether oxygens (including phenoxy) is 1. The van der Waals surface area contributed by atoms with Gasteiger partial charge in [0.15, 0.2) is 5.82 Å². The van der Waals surface area contributed by atoms with Crippen LogP contribution >= 0.6 is 0 Å². The Kier molecular flexibility index (Phi) is 4.69. The number of nitrogens with zero attached hydrogens (tertiary/aromatic N) is 5. The van der Waals surface area contributed by atoms with Gasteiger partial charge in [0.2, 0.25) is 5.89 Å². The maximum absolute atomic E-state index is 12.9. The van der Waals surface area contributed by atoms with E-state index in [0.717, 1.165) is 24.6 Å². The van der Waals surface area contributed by atoms with Crippen molar-refractivity contribution in [1.29, 1.82) is 0 Å². The molecule has 134 valence electrons. The summed E-state index contributed by atoms with van der Waals surface area (Å²) < 4.78 is 23.8. The summed E-state index contributed by atoms with van der Waals surface area (Å²) in [5.41, 5.74) is 1.28. The summed E-state index contributed by atoms with van der Waals surface area (Å²) in [6, 6.07) is 9.74. The van der Waals surface area contributed by atoms with Crippen molar-refractivity contribution in [2.75, 3.05) is 36.5 Å². The standard InChI is InChI=1S/C17H17FN6O2/c18-12-1-3-13(4-2-12)19-11-16-22-23-17(26-16)14-5-6-15(21-20-14)24-7-9-25-10-8-24/h1-6,19H,7-11H2. The fourth-order valence-corrected chi connectivity index (χ4v) is 2.57. The molecule has 1 aromatic carbocycles. The van der Waals surface area contributed by atoms with Crippen molar-refractivity contribution in [3.05, 3.63) is 48.1 Å². The van der Waals surface area contributed by atoms with E-state index in [9.17, 15) is 4.39 Å². The van der Waals surface area contributed by atoms with Gasteiger partial charge in [-0.15, -0.1) is 20.4 Å². The number of rotatable bonds is 5. The molecule has 0 atom stereocenters. The van der Waals surface area contributed by atoms with Crippen molar-refractivity contribution in [2.24, 2.45) is 0 Å². The van der Waals surface area contributed by atoms with Gasteiger partial charge in [0.25, 0.3) is 5.89 Å². The predicted molar refractivity (Wildman–Crippen MR) is 92.1 cm³/mol. The molecule has 1 saturated heterocycles. The third kappa shape index (κ3) is 3.77. The van der Waals surface area contributed by atoms with Crippen LogP contribution in [0.5, 0.6) is 0 Å². The lowest BCUT2D eigenvalue weighted by Crippen LogP contribution is -2.36. The molecular weight excluding hydrogens is 339 g/mol. The van der Waals surface area contributed by atoms with E-state index in [4.69, 9.17) is 9.15 Å². The van der Waals surface area contributed by atoms with E-state index in [0.29, 0.717) is 37.2 Å². The Morgan fingerprint density at radius 1 is 0.962 bits per heavy atom. The number of benzene rings is 1. The van der Waals surface area contributed by atoms with Gasteiger partial charge in [0.1, 0.15) is 11.5 Å². The second kappa shape index (κ2) is 7.44. The van der Waals surface area contributed by atoms with Crippen LogP contribution < -0.4 is 10.2 Å². The van der Waals surface area contributed by atoms with Crippen molar-refractivity contribution < 1.29 is 13.5 Å². The number of morpholine rings is 1. The molecule has 26 heavy (non-hydrogen) atoms. The van der Waals surface area contributed by atoms with Gasteiger partial charge in [-0.25, -0.2) is 4.39 Å². The molecule has 4 rings (SSSR count). The highest BCUT2D eigenvalue weighted by Gasteiger charge is 2.15. The average molecular weight is 356 g/mol. The second-order valence-corrected chi connectivity index (χ2v) is 5.74. The Morgan fingerprint density at radius 3 is 2.50 bits per heavy atom. The van der Waals surface area contributed by atoms with Crippen LogP contribution in [0.1, 0.15) is 5.89 Å². The highest BCUT2D eigenvalue weighted by Crippen LogP contribution is 2.18. The smallest absolute Gasteiger partial charge is 0.268 e. The van der Waals surface area contributed by atoms with Crippen LogP contribution in [0.15, 0.2) is 40.8 Å². The zero-order chi connectivity index (χ0) is 17.8. The molecule has 0 radical (unpaired) electrons. The van der Waals surface area contributed by atoms with Gasteiger partial charge in [-0.2, -0.15) is 0 Å². The quantitative estimate of drug-likeness (QED) is 0.744. The van der Waals surface area contributed by atoms with Gasteiger partial charge < -0.3 is 19.4 Å². The molecule has 0 bridgehead atoms. The number of halogens is 1. The van der Waals surface area contributed by atoms with Gasteiger partial charge in [-0.05, 0) is 36.4 Å². The first-order chi connectivity index (χ1) is 12.8. The third-order valence-corrected chi connectivity index (χ3v) is 3.96. The highest BCUT2D eigenvalue weighted by molar-refractivity contribution is 5.49. The van der Waals surface area contributed by atoms with Crippen molar-refractivity contribution in [2.45, 2.75) is 6.54 Å². The minimum absolute atomic E-state index is 0.283.